The summed E-state index contributed by atoms with van der Waals surface area (Å²) in [5, 5.41) is 18.1. The third-order valence-corrected chi connectivity index (χ3v) is 7.62. The van der Waals surface area contributed by atoms with Crippen molar-refractivity contribution < 1.29 is 18.8 Å². The summed E-state index contributed by atoms with van der Waals surface area (Å²) in [6.45, 7) is 3.24. The van der Waals surface area contributed by atoms with Crippen LogP contribution < -0.4 is 5.32 Å². The first-order valence-electron chi connectivity index (χ1n) is 11.8. The minimum absolute atomic E-state index is 0.163. The van der Waals surface area contributed by atoms with E-state index >= 15 is 0 Å². The van der Waals surface area contributed by atoms with Gasteiger partial charge < -0.3 is 19.8 Å². The zero-order valence-electron chi connectivity index (χ0n) is 18.0. The van der Waals surface area contributed by atoms with Crippen LogP contribution in [0.1, 0.15) is 69.4 Å². The molecule has 2 aliphatic carbocycles. The molecule has 3 fully saturated rings. The van der Waals surface area contributed by atoms with Crippen LogP contribution >= 0.6 is 0 Å². The average Bonchev–Trinajstić information content (AvgIpc) is 3.40. The lowest BCUT2D eigenvalue weighted by Crippen LogP contribution is -2.44. The van der Waals surface area contributed by atoms with E-state index in [2.05, 4.69) is 15.4 Å². The number of nitrogens with one attached hydrogen (secondary N) is 1. The molecule has 1 aromatic heterocycles. The van der Waals surface area contributed by atoms with E-state index in [1.165, 1.54) is 18.6 Å². The van der Waals surface area contributed by atoms with Crippen molar-refractivity contribution in [2.24, 2.45) is 5.92 Å². The van der Waals surface area contributed by atoms with E-state index < -0.39 is 5.60 Å². The predicted octanol–water partition coefficient (Wildman–Crippen LogP) is 3.74. The van der Waals surface area contributed by atoms with Crippen molar-refractivity contribution in [2.45, 2.75) is 75.3 Å². The van der Waals surface area contributed by atoms with Crippen molar-refractivity contribution in [2.75, 3.05) is 19.6 Å². The maximum atomic E-state index is 13.4. The van der Waals surface area contributed by atoms with Gasteiger partial charge in [-0.05, 0) is 95.5 Å². The van der Waals surface area contributed by atoms with Crippen LogP contribution in [-0.4, -0.2) is 52.3 Å². The first-order valence-corrected chi connectivity index (χ1v) is 11.8. The number of hydrogen-bond acceptors (Lipinski definition) is 5. The van der Waals surface area contributed by atoms with Crippen LogP contribution in [0.5, 0.6) is 0 Å². The van der Waals surface area contributed by atoms with E-state index in [0.29, 0.717) is 24.3 Å². The largest absolute Gasteiger partial charge is 0.380 e. The van der Waals surface area contributed by atoms with Crippen molar-refractivity contribution >= 4 is 16.9 Å². The maximum Gasteiger partial charge on any atom is 0.252 e. The second kappa shape index (κ2) is 8.51. The Balaban J connectivity index is 1.04. The van der Waals surface area contributed by atoms with Crippen molar-refractivity contribution in [3.8, 4) is 0 Å². The molecule has 0 atom stereocenters. The van der Waals surface area contributed by atoms with Gasteiger partial charge in [0, 0.05) is 23.4 Å². The zero-order valence-corrected chi connectivity index (χ0v) is 18.0. The highest BCUT2D eigenvalue weighted by Crippen LogP contribution is 2.36. The normalized spacial score (nSPS) is 26.8. The first-order chi connectivity index (χ1) is 15.0. The summed E-state index contributed by atoms with van der Waals surface area (Å²) in [6.07, 6.45) is 8.89. The maximum absolute atomic E-state index is 13.4. The summed E-state index contributed by atoms with van der Waals surface area (Å²) in [4.78, 5) is 14.6. The van der Waals surface area contributed by atoms with Crippen LogP contribution in [0.15, 0.2) is 22.7 Å². The fraction of sp³-hybridized carbons (Fsp3) is 0.667. The van der Waals surface area contributed by atoms with Crippen LogP contribution in [0.3, 0.4) is 0 Å². The van der Waals surface area contributed by atoms with E-state index in [-0.39, 0.29) is 17.8 Å². The molecule has 1 aromatic carbocycles. The lowest BCUT2D eigenvalue weighted by Gasteiger charge is -2.34. The molecule has 0 spiro atoms. The van der Waals surface area contributed by atoms with E-state index in [0.717, 1.165) is 75.2 Å². The second-order valence-corrected chi connectivity index (χ2v) is 9.84. The molecular formula is C24H32FN3O3. The first kappa shape index (κ1) is 20.9. The standard InChI is InChI=1S/C24H32FN3O3/c25-18-3-6-20-21(15-18)31-27-22(20)17-8-13-28(14-9-17)12-7-16-1-4-19(5-2-16)26-23(29)24(30)10-11-24/h3,6,15-17,19,30H,1-2,4-5,7-14H2,(H,26,29). The monoisotopic (exact) mass is 429 g/mol. The van der Waals surface area contributed by atoms with Gasteiger partial charge in [0.25, 0.3) is 5.91 Å². The Labute approximate surface area is 182 Å². The molecule has 1 aliphatic heterocycles. The Morgan fingerprint density at radius 3 is 2.65 bits per heavy atom. The summed E-state index contributed by atoms with van der Waals surface area (Å²) < 4.78 is 18.7. The Bertz CT molecular complexity index is 925. The molecule has 0 bridgehead atoms. The van der Waals surface area contributed by atoms with E-state index in [1.54, 1.807) is 6.07 Å². The molecule has 5 rings (SSSR count). The van der Waals surface area contributed by atoms with Crippen molar-refractivity contribution in [3.05, 3.63) is 29.7 Å². The highest BCUT2D eigenvalue weighted by Gasteiger charge is 2.48. The van der Waals surface area contributed by atoms with Gasteiger partial charge in [-0.3, -0.25) is 4.79 Å². The molecule has 2 aromatic rings. The number of likely N-dealkylation sites (tertiary alicyclic amines) is 1. The fourth-order valence-electron chi connectivity index (χ4n) is 5.28. The van der Waals surface area contributed by atoms with Gasteiger partial charge in [0.2, 0.25) is 0 Å². The number of amides is 1. The Kier molecular flexibility index (Phi) is 5.73. The summed E-state index contributed by atoms with van der Waals surface area (Å²) >= 11 is 0. The fourth-order valence-corrected chi connectivity index (χ4v) is 5.28. The Hall–Kier alpha value is -1.99. The highest BCUT2D eigenvalue weighted by atomic mass is 19.1. The van der Waals surface area contributed by atoms with Gasteiger partial charge in [-0.1, -0.05) is 5.16 Å². The van der Waals surface area contributed by atoms with E-state index in [4.69, 9.17) is 4.52 Å². The molecule has 3 aliphatic rings. The Morgan fingerprint density at radius 1 is 1.19 bits per heavy atom. The number of carbonyl (C=O) groups is 1. The molecule has 7 heteroatoms. The SMILES string of the molecule is O=C(NC1CCC(CCN2CCC(c3noc4cc(F)ccc34)CC2)CC1)C1(O)CC1. The average molecular weight is 430 g/mol. The van der Waals surface area contributed by atoms with Gasteiger partial charge in [-0.25, -0.2) is 4.39 Å². The molecule has 0 unspecified atom stereocenters. The third kappa shape index (κ3) is 4.62. The zero-order chi connectivity index (χ0) is 21.4. The molecule has 168 valence electrons. The molecule has 2 N–H and O–H groups in total. The van der Waals surface area contributed by atoms with Crippen molar-refractivity contribution in [1.29, 1.82) is 0 Å². The Morgan fingerprint density at radius 2 is 1.94 bits per heavy atom. The topological polar surface area (TPSA) is 78.6 Å². The number of benzene rings is 1. The molecule has 2 heterocycles. The van der Waals surface area contributed by atoms with E-state index in [1.807, 2.05) is 0 Å². The summed E-state index contributed by atoms with van der Waals surface area (Å²) in [5.74, 6) is 0.651. The van der Waals surface area contributed by atoms with Gasteiger partial charge in [0.05, 0.1) is 5.69 Å². The number of aliphatic hydroxyl groups is 1. The number of piperidine rings is 1. The third-order valence-electron chi connectivity index (χ3n) is 7.62. The van der Waals surface area contributed by atoms with Crippen molar-refractivity contribution in [3.63, 3.8) is 0 Å². The quantitative estimate of drug-likeness (QED) is 0.732. The number of rotatable bonds is 6. The smallest absolute Gasteiger partial charge is 0.252 e. The summed E-state index contributed by atoms with van der Waals surface area (Å²) in [6, 6.07) is 4.91. The van der Waals surface area contributed by atoms with Crippen LogP contribution in [-0.2, 0) is 4.79 Å². The van der Waals surface area contributed by atoms with Gasteiger partial charge in [0.1, 0.15) is 11.4 Å². The lowest BCUT2D eigenvalue weighted by molar-refractivity contribution is -0.132. The molecule has 2 saturated carbocycles. The molecule has 1 amide bonds. The molecule has 31 heavy (non-hydrogen) atoms. The lowest BCUT2D eigenvalue weighted by atomic mass is 9.83. The number of carbonyl (C=O) groups excluding carboxylic acids is 1. The van der Waals surface area contributed by atoms with Crippen LogP contribution in [0.25, 0.3) is 11.0 Å². The number of aromatic nitrogens is 1. The van der Waals surface area contributed by atoms with Gasteiger partial charge in [-0.2, -0.15) is 0 Å². The van der Waals surface area contributed by atoms with Crippen LogP contribution in [0.4, 0.5) is 4.39 Å². The second-order valence-electron chi connectivity index (χ2n) is 9.84. The van der Waals surface area contributed by atoms with Gasteiger partial charge >= 0.3 is 0 Å². The predicted molar refractivity (Wildman–Crippen MR) is 115 cm³/mol. The van der Waals surface area contributed by atoms with Crippen LogP contribution in [0, 0.1) is 11.7 Å². The van der Waals surface area contributed by atoms with Crippen LogP contribution in [0.2, 0.25) is 0 Å². The molecule has 1 saturated heterocycles. The minimum atomic E-state index is -1.06. The summed E-state index contributed by atoms with van der Waals surface area (Å²) in [7, 11) is 0. The van der Waals surface area contributed by atoms with Crippen molar-refractivity contribution in [1.82, 2.24) is 15.4 Å². The number of halogens is 1. The number of fused-ring (bicyclic) bond motifs is 1. The number of nitrogens with zero attached hydrogens (tertiary/aromatic N) is 2. The molecule has 6 nitrogen and oxygen atoms in total. The summed E-state index contributed by atoms with van der Waals surface area (Å²) in [5.41, 5.74) is 0.457. The number of hydrogen-bond donors (Lipinski definition) is 2. The van der Waals surface area contributed by atoms with Gasteiger partial charge in [-0.15, -0.1) is 0 Å². The molecule has 0 radical (unpaired) electrons. The van der Waals surface area contributed by atoms with E-state index in [9.17, 15) is 14.3 Å². The highest BCUT2D eigenvalue weighted by molar-refractivity contribution is 5.87. The molecular weight excluding hydrogens is 397 g/mol. The minimum Gasteiger partial charge on any atom is -0.380 e. The van der Waals surface area contributed by atoms with Gasteiger partial charge in [0.15, 0.2) is 5.58 Å².